The van der Waals surface area contributed by atoms with Crippen molar-refractivity contribution in [1.29, 1.82) is 0 Å². The molecule has 0 unspecified atom stereocenters. The van der Waals surface area contributed by atoms with Crippen molar-refractivity contribution in [3.05, 3.63) is 47.9 Å². The van der Waals surface area contributed by atoms with E-state index in [0.717, 1.165) is 32.1 Å². The summed E-state index contributed by atoms with van der Waals surface area (Å²) in [7, 11) is 3.19. The normalized spacial score (nSPS) is 14.9. The van der Waals surface area contributed by atoms with E-state index in [9.17, 15) is 20.1 Å². The summed E-state index contributed by atoms with van der Waals surface area (Å²) in [6.45, 7) is 1.74. The maximum absolute atomic E-state index is 12.5. The molecule has 4 rings (SSSR count). The summed E-state index contributed by atoms with van der Waals surface area (Å²) in [6.07, 6.45) is 6.31. The van der Waals surface area contributed by atoms with Crippen molar-refractivity contribution in [3.8, 4) is 17.5 Å². The number of aliphatic imine (C=N–C) groups is 1. The Morgan fingerprint density at radius 1 is 1.09 bits per heavy atom. The number of furan rings is 1. The van der Waals surface area contributed by atoms with Crippen LogP contribution in [-0.2, 0) is 0 Å². The molecule has 1 saturated carbocycles. The summed E-state index contributed by atoms with van der Waals surface area (Å²) in [5.41, 5.74) is 1.09. The quantitative estimate of drug-likeness (QED) is 0.289. The lowest BCUT2D eigenvalue weighted by Crippen LogP contribution is -2.21. The maximum atomic E-state index is 12.5. The Balaban J connectivity index is 1.82. The number of phenols is 1. The topological polar surface area (TPSA) is 123 Å². The Labute approximate surface area is 198 Å². The van der Waals surface area contributed by atoms with Gasteiger partial charge in [-0.3, -0.25) is 9.36 Å². The minimum absolute atomic E-state index is 0.0718. The summed E-state index contributed by atoms with van der Waals surface area (Å²) >= 11 is 0. The number of carbonyl (C=O) groups is 1. The zero-order chi connectivity index (χ0) is 24.4. The number of carbonyl (C=O) groups excluding carboxylic acids is 1. The summed E-state index contributed by atoms with van der Waals surface area (Å²) in [6, 6.07) is 8.16. The highest BCUT2D eigenvalue weighted by Crippen LogP contribution is 2.51. The Bertz CT molecular complexity index is 1200. The first-order chi connectivity index (χ1) is 16.3. The van der Waals surface area contributed by atoms with Crippen LogP contribution < -0.4 is 5.32 Å². The van der Waals surface area contributed by atoms with Crippen LogP contribution in [0, 0.1) is 0 Å². The Morgan fingerprint density at radius 2 is 1.82 bits per heavy atom. The lowest BCUT2D eigenvalue weighted by Gasteiger charge is -2.24. The first-order valence-electron chi connectivity index (χ1n) is 11.4. The van der Waals surface area contributed by atoms with Crippen LogP contribution in [-0.4, -0.2) is 50.5 Å². The number of benzene rings is 1. The molecule has 4 N–H and O–H groups in total. The van der Waals surface area contributed by atoms with Crippen molar-refractivity contribution >= 4 is 28.7 Å². The molecule has 1 aromatic carbocycles. The molecule has 1 amide bonds. The van der Waals surface area contributed by atoms with Crippen molar-refractivity contribution < 1.29 is 24.5 Å². The molecule has 2 aromatic heterocycles. The third-order valence-corrected chi connectivity index (χ3v) is 6.16. The van der Waals surface area contributed by atoms with Gasteiger partial charge in [0.1, 0.15) is 11.4 Å². The first kappa shape index (κ1) is 23.3. The zero-order valence-corrected chi connectivity index (χ0v) is 19.6. The van der Waals surface area contributed by atoms with Gasteiger partial charge in [0.25, 0.3) is 5.91 Å². The average molecular weight is 467 g/mol. The second kappa shape index (κ2) is 9.54. The number of nitrogens with one attached hydrogen (secondary N) is 1. The van der Waals surface area contributed by atoms with Gasteiger partial charge < -0.3 is 30.0 Å². The SMILES string of the molecule is CC(=Nc1c(Nc2cccc(C(=O)N(C)C)c2O)c(O)n(C2CCCCC2)c1O)c1ccco1. The van der Waals surface area contributed by atoms with E-state index in [-0.39, 0.29) is 52.1 Å². The molecule has 9 nitrogen and oxygen atoms in total. The van der Waals surface area contributed by atoms with Gasteiger partial charge in [-0.2, -0.15) is 0 Å². The molecule has 0 bridgehead atoms. The van der Waals surface area contributed by atoms with E-state index in [0.29, 0.717) is 11.5 Å². The van der Waals surface area contributed by atoms with E-state index in [1.807, 2.05) is 0 Å². The predicted molar refractivity (Wildman–Crippen MR) is 130 cm³/mol. The highest BCUT2D eigenvalue weighted by atomic mass is 16.3. The fourth-order valence-corrected chi connectivity index (χ4v) is 4.36. The van der Waals surface area contributed by atoms with E-state index in [1.165, 1.54) is 21.8 Å². The minimum Gasteiger partial charge on any atom is -0.505 e. The highest BCUT2D eigenvalue weighted by molar-refractivity contribution is 6.01. The van der Waals surface area contributed by atoms with Gasteiger partial charge in [-0.1, -0.05) is 25.3 Å². The van der Waals surface area contributed by atoms with Crippen molar-refractivity contribution in [3.63, 3.8) is 0 Å². The van der Waals surface area contributed by atoms with Crippen LogP contribution >= 0.6 is 0 Å². The standard InChI is InChI=1S/C25H30N4O5/c1-15(19-13-8-14-34-19)26-20-21(25(33)29(24(20)32)16-9-5-4-6-10-16)27-18-12-7-11-17(22(18)30)23(31)28(2)3/h7-8,11-14,16,27,30,32-33H,4-6,9-10H2,1-3H3. The number of para-hydroxylation sites is 1. The molecule has 0 atom stereocenters. The second-order valence-electron chi connectivity index (χ2n) is 8.73. The van der Waals surface area contributed by atoms with E-state index >= 15 is 0 Å². The zero-order valence-electron chi connectivity index (χ0n) is 19.6. The summed E-state index contributed by atoms with van der Waals surface area (Å²) in [5.74, 6) is -0.447. The largest absolute Gasteiger partial charge is 0.505 e. The van der Waals surface area contributed by atoms with Crippen LogP contribution in [0.2, 0.25) is 0 Å². The van der Waals surface area contributed by atoms with Crippen molar-refractivity contribution in [1.82, 2.24) is 9.47 Å². The highest BCUT2D eigenvalue weighted by Gasteiger charge is 2.29. The molecule has 2 heterocycles. The number of anilines is 2. The molecule has 3 aromatic rings. The fraction of sp³-hybridized carbons (Fsp3) is 0.360. The lowest BCUT2D eigenvalue weighted by atomic mass is 9.95. The van der Waals surface area contributed by atoms with Gasteiger partial charge >= 0.3 is 0 Å². The Morgan fingerprint density at radius 3 is 2.47 bits per heavy atom. The number of phenolic OH excluding ortho intramolecular Hbond substituents is 1. The van der Waals surface area contributed by atoms with Crippen LogP contribution in [0.15, 0.2) is 46.0 Å². The minimum atomic E-state index is -0.361. The molecular formula is C25H30N4O5. The number of hydrogen-bond donors (Lipinski definition) is 4. The van der Waals surface area contributed by atoms with Crippen molar-refractivity contribution in [2.45, 2.75) is 45.1 Å². The van der Waals surface area contributed by atoms with Crippen LogP contribution in [0.3, 0.4) is 0 Å². The smallest absolute Gasteiger partial charge is 0.257 e. The van der Waals surface area contributed by atoms with Gasteiger partial charge in [0.2, 0.25) is 11.8 Å². The number of hydrogen-bond acceptors (Lipinski definition) is 7. The Kier molecular flexibility index (Phi) is 6.54. The van der Waals surface area contributed by atoms with Gasteiger partial charge in [-0.05, 0) is 44.0 Å². The second-order valence-corrected chi connectivity index (χ2v) is 8.73. The molecule has 9 heteroatoms. The third kappa shape index (κ3) is 4.33. The molecule has 0 aliphatic heterocycles. The van der Waals surface area contributed by atoms with E-state index < -0.39 is 0 Å². The number of aromatic hydroxyl groups is 3. The van der Waals surface area contributed by atoms with E-state index in [4.69, 9.17) is 4.42 Å². The molecule has 180 valence electrons. The van der Waals surface area contributed by atoms with Gasteiger partial charge in [0.15, 0.2) is 11.4 Å². The third-order valence-electron chi connectivity index (χ3n) is 6.16. The number of rotatable bonds is 6. The average Bonchev–Trinajstić information content (AvgIpc) is 3.44. The summed E-state index contributed by atoms with van der Waals surface area (Å²) in [4.78, 5) is 18.4. The molecule has 0 spiro atoms. The summed E-state index contributed by atoms with van der Waals surface area (Å²) in [5, 5.41) is 36.2. The maximum Gasteiger partial charge on any atom is 0.257 e. The Hall–Kier alpha value is -3.88. The number of nitrogens with zero attached hydrogens (tertiary/aromatic N) is 3. The van der Waals surface area contributed by atoms with Crippen LogP contribution in [0.25, 0.3) is 0 Å². The molecular weight excluding hydrogens is 436 g/mol. The number of aromatic nitrogens is 1. The molecule has 0 saturated heterocycles. The molecule has 1 aliphatic rings. The van der Waals surface area contributed by atoms with Gasteiger partial charge in [-0.25, -0.2) is 4.99 Å². The fourth-order valence-electron chi connectivity index (χ4n) is 4.36. The predicted octanol–water partition coefficient (Wildman–Crippen LogP) is 5.29. The molecule has 1 aliphatic carbocycles. The van der Waals surface area contributed by atoms with Gasteiger partial charge in [0.05, 0.1) is 23.2 Å². The van der Waals surface area contributed by atoms with Gasteiger partial charge in [-0.15, -0.1) is 0 Å². The van der Waals surface area contributed by atoms with Crippen LogP contribution in [0.5, 0.6) is 17.5 Å². The lowest BCUT2D eigenvalue weighted by molar-refractivity contribution is 0.0824. The van der Waals surface area contributed by atoms with Crippen molar-refractivity contribution in [2.75, 3.05) is 19.4 Å². The molecule has 0 radical (unpaired) electrons. The van der Waals surface area contributed by atoms with Crippen LogP contribution in [0.4, 0.5) is 17.1 Å². The number of amides is 1. The first-order valence-corrected chi connectivity index (χ1v) is 11.4. The van der Waals surface area contributed by atoms with Gasteiger partial charge in [0, 0.05) is 20.1 Å². The summed E-state index contributed by atoms with van der Waals surface area (Å²) < 4.78 is 6.92. The van der Waals surface area contributed by atoms with Crippen LogP contribution in [0.1, 0.15) is 61.2 Å². The monoisotopic (exact) mass is 466 g/mol. The van der Waals surface area contributed by atoms with E-state index in [2.05, 4.69) is 10.3 Å². The molecule has 34 heavy (non-hydrogen) atoms. The van der Waals surface area contributed by atoms with Crippen molar-refractivity contribution in [2.24, 2.45) is 4.99 Å². The van der Waals surface area contributed by atoms with E-state index in [1.54, 1.807) is 45.3 Å². The molecule has 1 fully saturated rings.